The first-order valence-electron chi connectivity index (χ1n) is 11.8. The molecule has 29 heavy (non-hydrogen) atoms. The molecule has 3 aliphatic rings. The largest absolute Gasteiger partial charge is 0.379 e. The van der Waals surface area contributed by atoms with Crippen LogP contribution in [0.15, 0.2) is 0 Å². The van der Waals surface area contributed by atoms with Crippen molar-refractivity contribution in [2.24, 2.45) is 0 Å². The number of rotatable bonds is 12. The minimum absolute atomic E-state index is 0.202. The number of unbranched alkanes of at least 4 members (excludes halogenated alkanes) is 8. The first kappa shape index (κ1) is 23.4. The summed E-state index contributed by atoms with van der Waals surface area (Å²) in [6.07, 6.45) is 10.5. The Kier molecular flexibility index (Phi) is 8.38. The molecule has 0 N–H and O–H groups in total. The van der Waals surface area contributed by atoms with E-state index < -0.39 is 17.9 Å². The maximum Gasteiger partial charge on any atom is 0.190 e. The van der Waals surface area contributed by atoms with Gasteiger partial charge in [-0.05, 0) is 34.1 Å². The molecule has 0 spiro atoms. The number of hydrogen-bond acceptors (Lipinski definition) is 6. The summed E-state index contributed by atoms with van der Waals surface area (Å²) in [5.74, 6) is -1.33. The molecule has 0 aromatic rings. The molecule has 3 aliphatic heterocycles. The molecule has 5 atom stereocenters. The van der Waals surface area contributed by atoms with Crippen molar-refractivity contribution in [2.45, 2.75) is 135 Å². The average molecular weight is 415 g/mol. The summed E-state index contributed by atoms with van der Waals surface area (Å²) in [6.45, 7) is 11.2. The third kappa shape index (κ3) is 6.62. The predicted octanol–water partition coefficient (Wildman–Crippen LogP) is 4.93. The second-order valence-electron chi connectivity index (χ2n) is 9.61. The Labute approximate surface area is 176 Å². The topological polar surface area (TPSA) is 55.4 Å². The van der Waals surface area contributed by atoms with Crippen LogP contribution in [-0.4, -0.2) is 55.5 Å². The van der Waals surface area contributed by atoms with Gasteiger partial charge in [0.05, 0.1) is 6.61 Å². The monoisotopic (exact) mass is 414 g/mol. The average Bonchev–Trinajstić information content (AvgIpc) is 3.13. The van der Waals surface area contributed by atoms with Crippen LogP contribution in [0, 0.1) is 0 Å². The van der Waals surface area contributed by atoms with Gasteiger partial charge in [0, 0.05) is 6.61 Å². The molecule has 0 saturated carbocycles. The zero-order chi connectivity index (χ0) is 20.9. The highest BCUT2D eigenvalue weighted by Crippen LogP contribution is 2.44. The molecule has 0 aliphatic carbocycles. The fourth-order valence-corrected chi connectivity index (χ4v) is 4.54. The first-order valence-corrected chi connectivity index (χ1v) is 11.8. The second kappa shape index (κ2) is 10.4. The summed E-state index contributed by atoms with van der Waals surface area (Å²) in [6, 6.07) is 0. The summed E-state index contributed by atoms with van der Waals surface area (Å²) in [7, 11) is 0. The fourth-order valence-electron chi connectivity index (χ4n) is 4.54. The van der Waals surface area contributed by atoms with Gasteiger partial charge in [-0.25, -0.2) is 0 Å². The lowest BCUT2D eigenvalue weighted by Gasteiger charge is -2.37. The van der Waals surface area contributed by atoms with Crippen LogP contribution in [0.5, 0.6) is 0 Å². The first-order chi connectivity index (χ1) is 13.8. The maximum absolute atomic E-state index is 6.17. The van der Waals surface area contributed by atoms with Crippen molar-refractivity contribution in [2.75, 3.05) is 13.2 Å². The number of ether oxygens (including phenoxy) is 6. The van der Waals surface area contributed by atoms with Gasteiger partial charge in [-0.2, -0.15) is 0 Å². The van der Waals surface area contributed by atoms with Gasteiger partial charge in [0.2, 0.25) is 0 Å². The Hall–Kier alpha value is -0.240. The molecule has 3 fully saturated rings. The van der Waals surface area contributed by atoms with Crippen LogP contribution in [0.4, 0.5) is 0 Å². The van der Waals surface area contributed by atoms with E-state index in [0.29, 0.717) is 6.61 Å². The standard InChI is InChI=1S/C23H42O6/c1-6-7-8-9-10-11-12-13-14-15-24-16-17-18-19(27-22(2,3)26-18)20-21(25-17)29-23(4,5)28-20/h17-21H,6-16H2,1-5H3/t17-,18-,19-,20+,21+/m0/s1. The van der Waals surface area contributed by atoms with E-state index in [-0.39, 0.29) is 24.4 Å². The van der Waals surface area contributed by atoms with Crippen molar-refractivity contribution in [1.29, 1.82) is 0 Å². The molecule has 0 unspecified atom stereocenters. The predicted molar refractivity (Wildman–Crippen MR) is 111 cm³/mol. The van der Waals surface area contributed by atoms with Crippen LogP contribution in [0.25, 0.3) is 0 Å². The van der Waals surface area contributed by atoms with Gasteiger partial charge in [-0.1, -0.05) is 58.3 Å². The van der Waals surface area contributed by atoms with Crippen LogP contribution < -0.4 is 0 Å². The summed E-state index contributed by atoms with van der Waals surface area (Å²) >= 11 is 0. The summed E-state index contributed by atoms with van der Waals surface area (Å²) in [5, 5.41) is 0. The lowest BCUT2D eigenvalue weighted by molar-refractivity contribution is -0.243. The van der Waals surface area contributed by atoms with Crippen molar-refractivity contribution in [3.05, 3.63) is 0 Å². The molecule has 0 amide bonds. The normalized spacial score (nSPS) is 34.9. The van der Waals surface area contributed by atoms with Crippen LogP contribution in [-0.2, 0) is 28.4 Å². The SMILES string of the molecule is CCCCCCCCCCCOC[C@@H]1O[C@@H]2OC(C)(C)O[C@@H]2[C@H]2OC(C)(C)O[C@H]21. The van der Waals surface area contributed by atoms with Gasteiger partial charge < -0.3 is 28.4 Å². The highest BCUT2D eigenvalue weighted by molar-refractivity contribution is 5.00. The van der Waals surface area contributed by atoms with Crippen molar-refractivity contribution in [3.63, 3.8) is 0 Å². The minimum atomic E-state index is -0.678. The zero-order valence-corrected chi connectivity index (χ0v) is 19.1. The van der Waals surface area contributed by atoms with Gasteiger partial charge in [-0.15, -0.1) is 0 Å². The molecule has 0 aromatic carbocycles. The quantitative estimate of drug-likeness (QED) is 0.422. The molecule has 6 nitrogen and oxygen atoms in total. The Morgan fingerprint density at radius 2 is 1.21 bits per heavy atom. The summed E-state index contributed by atoms with van der Waals surface area (Å²) < 4.78 is 36.3. The molecule has 3 saturated heterocycles. The number of hydrogen-bond donors (Lipinski definition) is 0. The maximum atomic E-state index is 6.17. The Morgan fingerprint density at radius 1 is 0.655 bits per heavy atom. The fraction of sp³-hybridized carbons (Fsp3) is 1.00. The van der Waals surface area contributed by atoms with Gasteiger partial charge >= 0.3 is 0 Å². The van der Waals surface area contributed by atoms with Crippen molar-refractivity contribution in [3.8, 4) is 0 Å². The molecule has 6 heteroatoms. The minimum Gasteiger partial charge on any atom is -0.379 e. The summed E-state index contributed by atoms with van der Waals surface area (Å²) in [5.41, 5.74) is 0. The van der Waals surface area contributed by atoms with Crippen LogP contribution in [0.3, 0.4) is 0 Å². The van der Waals surface area contributed by atoms with Gasteiger partial charge in [0.15, 0.2) is 17.9 Å². The van der Waals surface area contributed by atoms with E-state index in [2.05, 4.69) is 6.92 Å². The molecular formula is C23H42O6. The third-order valence-electron chi connectivity index (χ3n) is 5.93. The highest BCUT2D eigenvalue weighted by atomic mass is 16.9. The van der Waals surface area contributed by atoms with E-state index >= 15 is 0 Å². The van der Waals surface area contributed by atoms with Crippen molar-refractivity contribution in [1.82, 2.24) is 0 Å². The third-order valence-corrected chi connectivity index (χ3v) is 5.93. The van der Waals surface area contributed by atoms with Crippen LogP contribution >= 0.6 is 0 Å². The Bertz CT molecular complexity index is 494. The second-order valence-corrected chi connectivity index (χ2v) is 9.61. The van der Waals surface area contributed by atoms with E-state index in [4.69, 9.17) is 28.4 Å². The Balaban J connectivity index is 1.35. The Morgan fingerprint density at radius 3 is 1.90 bits per heavy atom. The summed E-state index contributed by atoms with van der Waals surface area (Å²) in [4.78, 5) is 0. The lowest BCUT2D eigenvalue weighted by Crippen LogP contribution is -2.56. The van der Waals surface area contributed by atoms with Crippen LogP contribution in [0.2, 0.25) is 0 Å². The van der Waals surface area contributed by atoms with E-state index in [1.807, 2.05) is 27.7 Å². The molecule has 0 radical (unpaired) electrons. The highest BCUT2D eigenvalue weighted by Gasteiger charge is 2.60. The molecule has 3 rings (SSSR count). The van der Waals surface area contributed by atoms with Gasteiger partial charge in [-0.3, -0.25) is 0 Å². The van der Waals surface area contributed by atoms with Gasteiger partial charge in [0.25, 0.3) is 0 Å². The molecule has 0 bridgehead atoms. The van der Waals surface area contributed by atoms with E-state index in [0.717, 1.165) is 13.0 Å². The van der Waals surface area contributed by atoms with Crippen LogP contribution in [0.1, 0.15) is 92.4 Å². The van der Waals surface area contributed by atoms with Gasteiger partial charge in [0.1, 0.15) is 24.4 Å². The lowest BCUT2D eigenvalue weighted by atomic mass is 9.99. The molecule has 3 heterocycles. The smallest absolute Gasteiger partial charge is 0.190 e. The molecule has 170 valence electrons. The van der Waals surface area contributed by atoms with Crippen molar-refractivity contribution >= 4 is 0 Å². The molecular weight excluding hydrogens is 372 g/mol. The van der Waals surface area contributed by atoms with E-state index in [1.165, 1.54) is 51.4 Å². The zero-order valence-electron chi connectivity index (χ0n) is 19.1. The van der Waals surface area contributed by atoms with E-state index in [9.17, 15) is 0 Å². The van der Waals surface area contributed by atoms with E-state index in [1.54, 1.807) is 0 Å². The van der Waals surface area contributed by atoms with Crippen molar-refractivity contribution < 1.29 is 28.4 Å². The molecule has 0 aromatic heterocycles. The number of fused-ring (bicyclic) bond motifs is 3.